The Kier molecular flexibility index (Phi) is 3.62. The first-order valence-corrected chi connectivity index (χ1v) is 7.39. The first kappa shape index (κ1) is 13.6. The lowest BCUT2D eigenvalue weighted by atomic mass is 10.1. The van der Waals surface area contributed by atoms with E-state index in [0.29, 0.717) is 16.9 Å². The maximum atomic E-state index is 11.4. The van der Waals surface area contributed by atoms with Gasteiger partial charge in [-0.2, -0.15) is 0 Å². The average Bonchev–Trinajstić information content (AvgIpc) is 2.89. The normalized spacial score (nSPS) is 10.9. The van der Waals surface area contributed by atoms with Gasteiger partial charge in [0.15, 0.2) is 16.6 Å². The van der Waals surface area contributed by atoms with E-state index >= 15 is 0 Å². The molecule has 2 heterocycles. The Hall–Kier alpha value is -2.34. The Labute approximate surface area is 125 Å². The van der Waals surface area contributed by atoms with E-state index in [-0.39, 0.29) is 11.5 Å². The summed E-state index contributed by atoms with van der Waals surface area (Å²) in [5.41, 5.74) is 2.08. The van der Waals surface area contributed by atoms with Crippen molar-refractivity contribution in [2.24, 2.45) is 0 Å². The van der Waals surface area contributed by atoms with Crippen LogP contribution in [0.25, 0.3) is 5.65 Å². The summed E-state index contributed by atoms with van der Waals surface area (Å²) in [5, 5.41) is 18.8. The molecule has 0 saturated carbocycles. The number of fused-ring (bicyclic) bond motifs is 1. The molecule has 0 aliphatic rings. The molecule has 3 aromatic rings. The topological polar surface area (TPSA) is 67.5 Å². The van der Waals surface area contributed by atoms with Gasteiger partial charge in [0.05, 0.1) is 0 Å². The van der Waals surface area contributed by atoms with Crippen LogP contribution in [0.2, 0.25) is 0 Å². The zero-order chi connectivity index (χ0) is 14.8. The summed E-state index contributed by atoms with van der Waals surface area (Å²) in [6.45, 7) is 1.51. The molecule has 106 valence electrons. The van der Waals surface area contributed by atoms with Crippen LogP contribution in [0.5, 0.6) is 5.75 Å². The molecule has 0 bridgehead atoms. The number of rotatable bonds is 4. The van der Waals surface area contributed by atoms with E-state index < -0.39 is 0 Å². The van der Waals surface area contributed by atoms with Crippen molar-refractivity contribution in [2.75, 3.05) is 0 Å². The van der Waals surface area contributed by atoms with E-state index in [1.54, 1.807) is 18.2 Å². The number of carbonyl (C=O) groups excluding carboxylic acids is 1. The molecule has 3 rings (SSSR count). The van der Waals surface area contributed by atoms with Crippen molar-refractivity contribution in [3.05, 3.63) is 53.7 Å². The second-order valence-corrected chi connectivity index (χ2v) is 5.54. The van der Waals surface area contributed by atoms with Crippen LogP contribution in [0.15, 0.2) is 47.8 Å². The van der Waals surface area contributed by atoms with Crippen LogP contribution in [0.4, 0.5) is 0 Å². The van der Waals surface area contributed by atoms with E-state index in [4.69, 9.17) is 0 Å². The zero-order valence-corrected chi connectivity index (χ0v) is 12.2. The predicted octanol–water partition coefficient (Wildman–Crippen LogP) is 2.93. The summed E-state index contributed by atoms with van der Waals surface area (Å²) in [6.07, 6.45) is 1.89. The Balaban J connectivity index is 1.84. The van der Waals surface area contributed by atoms with Gasteiger partial charge in [0, 0.05) is 23.1 Å². The van der Waals surface area contributed by atoms with E-state index in [0.717, 1.165) is 10.8 Å². The van der Waals surface area contributed by atoms with Gasteiger partial charge >= 0.3 is 0 Å². The minimum Gasteiger partial charge on any atom is -0.508 e. The fourth-order valence-electron chi connectivity index (χ4n) is 1.98. The molecule has 2 aromatic heterocycles. The number of benzene rings is 1. The van der Waals surface area contributed by atoms with Gasteiger partial charge in [-0.05, 0) is 37.3 Å². The molecule has 5 nitrogen and oxygen atoms in total. The lowest BCUT2D eigenvalue weighted by Gasteiger charge is -2.05. The highest BCUT2D eigenvalue weighted by atomic mass is 32.2. The summed E-state index contributed by atoms with van der Waals surface area (Å²) >= 11 is 1.46. The molecule has 0 spiro atoms. The number of aromatic nitrogens is 3. The highest BCUT2D eigenvalue weighted by Gasteiger charge is 2.09. The first-order chi connectivity index (χ1) is 10.1. The molecule has 0 fully saturated rings. The number of pyridine rings is 1. The Bertz CT molecular complexity index is 814. The van der Waals surface area contributed by atoms with E-state index in [9.17, 15) is 9.90 Å². The number of aromatic hydroxyl groups is 1. The van der Waals surface area contributed by atoms with Crippen molar-refractivity contribution in [2.45, 2.75) is 17.8 Å². The minimum absolute atomic E-state index is 0.0193. The quantitative estimate of drug-likeness (QED) is 0.592. The van der Waals surface area contributed by atoms with Gasteiger partial charge in [0.2, 0.25) is 0 Å². The molecule has 0 saturated heterocycles. The molecule has 0 radical (unpaired) electrons. The van der Waals surface area contributed by atoms with Gasteiger partial charge in [-0.1, -0.05) is 17.8 Å². The Morgan fingerprint density at radius 2 is 2.14 bits per heavy atom. The van der Waals surface area contributed by atoms with Crippen molar-refractivity contribution in [1.29, 1.82) is 0 Å². The van der Waals surface area contributed by atoms with Gasteiger partial charge in [-0.3, -0.25) is 9.20 Å². The smallest absolute Gasteiger partial charge is 0.195 e. The third-order valence-corrected chi connectivity index (χ3v) is 4.12. The number of ketones is 1. The fourth-order valence-corrected chi connectivity index (χ4v) is 2.89. The molecule has 0 aliphatic carbocycles. The first-order valence-electron chi connectivity index (χ1n) is 6.40. The largest absolute Gasteiger partial charge is 0.508 e. The number of Topliss-reactive ketones (excluding diaryl/α,β-unsaturated/α-hetero) is 1. The molecule has 21 heavy (non-hydrogen) atoms. The van der Waals surface area contributed by atoms with Crippen LogP contribution in [0.1, 0.15) is 22.8 Å². The molecule has 6 heteroatoms. The van der Waals surface area contributed by atoms with Crippen molar-refractivity contribution in [1.82, 2.24) is 14.6 Å². The van der Waals surface area contributed by atoms with Crippen LogP contribution < -0.4 is 0 Å². The SMILES string of the molecule is CC(=O)c1ccc(O)c(CSc2nnc3ccccn23)c1. The lowest BCUT2D eigenvalue weighted by Crippen LogP contribution is -1.94. The Morgan fingerprint density at radius 1 is 1.29 bits per heavy atom. The van der Waals surface area contributed by atoms with Gasteiger partial charge in [0.1, 0.15) is 5.75 Å². The van der Waals surface area contributed by atoms with Crippen LogP contribution in [-0.4, -0.2) is 25.5 Å². The molecular formula is C15H13N3O2S. The molecule has 1 aromatic carbocycles. The van der Waals surface area contributed by atoms with Gasteiger partial charge in [-0.25, -0.2) is 0 Å². The minimum atomic E-state index is -0.0193. The average molecular weight is 299 g/mol. The van der Waals surface area contributed by atoms with Crippen LogP contribution in [0.3, 0.4) is 0 Å². The number of phenols is 1. The second-order valence-electron chi connectivity index (χ2n) is 4.60. The maximum Gasteiger partial charge on any atom is 0.195 e. The van der Waals surface area contributed by atoms with Gasteiger partial charge < -0.3 is 5.11 Å². The summed E-state index contributed by atoms with van der Waals surface area (Å²) in [7, 11) is 0. The van der Waals surface area contributed by atoms with Gasteiger partial charge in [-0.15, -0.1) is 10.2 Å². The van der Waals surface area contributed by atoms with Crippen molar-refractivity contribution < 1.29 is 9.90 Å². The zero-order valence-electron chi connectivity index (χ0n) is 11.4. The number of carbonyl (C=O) groups is 1. The highest BCUT2D eigenvalue weighted by molar-refractivity contribution is 7.98. The van der Waals surface area contributed by atoms with Crippen LogP contribution >= 0.6 is 11.8 Å². The number of nitrogens with zero attached hydrogens (tertiary/aromatic N) is 3. The van der Waals surface area contributed by atoms with E-state index in [2.05, 4.69) is 10.2 Å². The third kappa shape index (κ3) is 2.75. The summed E-state index contributed by atoms with van der Waals surface area (Å²) in [6, 6.07) is 10.6. The standard InChI is InChI=1S/C15H13N3O2S/c1-10(19)11-5-6-13(20)12(8-11)9-21-15-17-16-14-4-2-3-7-18(14)15/h2-8,20H,9H2,1H3. The fraction of sp³-hybridized carbons (Fsp3) is 0.133. The number of phenolic OH excluding ortho intramolecular Hbond substituents is 1. The van der Waals surface area contributed by atoms with E-state index in [1.807, 2.05) is 28.8 Å². The molecule has 0 aliphatic heterocycles. The molecule has 1 N–H and O–H groups in total. The second kappa shape index (κ2) is 5.57. The molecule has 0 unspecified atom stereocenters. The van der Waals surface area contributed by atoms with Gasteiger partial charge in [0.25, 0.3) is 0 Å². The molecule has 0 atom stereocenters. The maximum absolute atomic E-state index is 11.4. The van der Waals surface area contributed by atoms with Crippen molar-refractivity contribution in [3.8, 4) is 5.75 Å². The van der Waals surface area contributed by atoms with Crippen molar-refractivity contribution in [3.63, 3.8) is 0 Å². The summed E-state index contributed by atoms with van der Waals surface area (Å²) < 4.78 is 1.89. The molecular weight excluding hydrogens is 286 g/mol. The predicted molar refractivity (Wildman–Crippen MR) is 80.7 cm³/mol. The van der Waals surface area contributed by atoms with Crippen LogP contribution in [-0.2, 0) is 5.75 Å². The number of thioether (sulfide) groups is 1. The lowest BCUT2D eigenvalue weighted by molar-refractivity contribution is 0.101. The van der Waals surface area contributed by atoms with Crippen LogP contribution in [0, 0.1) is 0 Å². The number of hydrogen-bond acceptors (Lipinski definition) is 5. The number of hydrogen-bond donors (Lipinski definition) is 1. The monoisotopic (exact) mass is 299 g/mol. The molecule has 0 amide bonds. The van der Waals surface area contributed by atoms with E-state index in [1.165, 1.54) is 18.7 Å². The summed E-state index contributed by atoms with van der Waals surface area (Å²) in [5.74, 6) is 0.679. The highest BCUT2D eigenvalue weighted by Crippen LogP contribution is 2.27. The summed E-state index contributed by atoms with van der Waals surface area (Å²) in [4.78, 5) is 11.4. The Morgan fingerprint density at radius 3 is 2.95 bits per heavy atom. The third-order valence-electron chi connectivity index (χ3n) is 3.13. The van der Waals surface area contributed by atoms with Crippen molar-refractivity contribution >= 4 is 23.2 Å².